The zero-order valence-electron chi connectivity index (χ0n) is 10.4. The van der Waals surface area contributed by atoms with Crippen molar-refractivity contribution < 1.29 is 0 Å². The Morgan fingerprint density at radius 2 is 1.50 bits per heavy atom. The Hall–Kier alpha value is 0. The van der Waals surface area contributed by atoms with Gasteiger partial charge in [0.1, 0.15) is 0 Å². The molecule has 1 atom stereocenters. The molecule has 0 N–H and O–H groups in total. The van der Waals surface area contributed by atoms with Gasteiger partial charge >= 0.3 is 0 Å². The van der Waals surface area contributed by atoms with Gasteiger partial charge in [0, 0.05) is 0 Å². The second-order valence-corrected chi connectivity index (χ2v) is 4.47. The second-order valence-electron chi connectivity index (χ2n) is 4.47. The Kier molecular flexibility index (Phi) is 11.1. The average molecular weight is 197 g/mol. The minimum Gasteiger partial charge on any atom is -0.0654 e. The van der Waals surface area contributed by atoms with Gasteiger partial charge in [-0.2, -0.15) is 0 Å². The van der Waals surface area contributed by atoms with Crippen molar-refractivity contribution in [3.8, 4) is 0 Å². The molecule has 85 valence electrons. The summed E-state index contributed by atoms with van der Waals surface area (Å²) in [6.45, 7) is 8.54. The molecule has 0 aliphatic carbocycles. The maximum Gasteiger partial charge on any atom is -0.0417 e. The van der Waals surface area contributed by atoms with Crippen LogP contribution < -0.4 is 0 Å². The van der Waals surface area contributed by atoms with E-state index < -0.39 is 0 Å². The van der Waals surface area contributed by atoms with E-state index in [1.165, 1.54) is 57.8 Å². The predicted octanol–water partition coefficient (Wildman–Crippen LogP) is 5.38. The summed E-state index contributed by atoms with van der Waals surface area (Å²) < 4.78 is 0. The van der Waals surface area contributed by atoms with Crippen LogP contribution in [0.1, 0.15) is 78.1 Å². The average Bonchev–Trinajstić information content (AvgIpc) is 2.21. The maximum absolute atomic E-state index is 3.94. The van der Waals surface area contributed by atoms with Crippen LogP contribution in [0.15, 0.2) is 0 Å². The highest BCUT2D eigenvalue weighted by molar-refractivity contribution is 4.58. The summed E-state index contributed by atoms with van der Waals surface area (Å²) in [5.74, 6) is 0.957. The molecule has 0 amide bonds. The molecule has 0 aromatic rings. The lowest BCUT2D eigenvalue weighted by atomic mass is 9.94. The van der Waals surface area contributed by atoms with Gasteiger partial charge in [0.2, 0.25) is 0 Å². The molecular formula is C14H29. The van der Waals surface area contributed by atoms with Crippen LogP contribution in [0.5, 0.6) is 0 Å². The van der Waals surface area contributed by atoms with Gasteiger partial charge in [-0.3, -0.25) is 0 Å². The van der Waals surface area contributed by atoms with Crippen molar-refractivity contribution in [1.82, 2.24) is 0 Å². The van der Waals surface area contributed by atoms with E-state index in [0.29, 0.717) is 0 Å². The van der Waals surface area contributed by atoms with Crippen LogP contribution >= 0.6 is 0 Å². The molecule has 0 spiro atoms. The zero-order valence-corrected chi connectivity index (χ0v) is 10.4. The first kappa shape index (κ1) is 14.0. The molecule has 1 unspecified atom stereocenters. The highest BCUT2D eigenvalue weighted by Crippen LogP contribution is 2.19. The van der Waals surface area contributed by atoms with E-state index in [1.54, 1.807) is 0 Å². The molecule has 0 nitrogen and oxygen atoms in total. The molecule has 0 aliphatic rings. The normalized spacial score (nSPS) is 13.1. The van der Waals surface area contributed by atoms with Crippen LogP contribution in [0.25, 0.3) is 0 Å². The third-order valence-corrected chi connectivity index (χ3v) is 3.16. The molecule has 0 aromatic carbocycles. The molecule has 0 saturated heterocycles. The van der Waals surface area contributed by atoms with Gasteiger partial charge in [0.15, 0.2) is 0 Å². The molecule has 14 heavy (non-hydrogen) atoms. The van der Waals surface area contributed by atoms with Crippen molar-refractivity contribution in [3.05, 3.63) is 6.92 Å². The summed E-state index contributed by atoms with van der Waals surface area (Å²) in [6.07, 6.45) is 13.8. The molecular weight excluding hydrogens is 168 g/mol. The van der Waals surface area contributed by atoms with E-state index in [2.05, 4.69) is 20.8 Å². The van der Waals surface area contributed by atoms with E-state index in [4.69, 9.17) is 0 Å². The minimum absolute atomic E-state index is 0.957. The fourth-order valence-electron chi connectivity index (χ4n) is 2.05. The summed E-state index contributed by atoms with van der Waals surface area (Å²) in [7, 11) is 0. The SMILES string of the molecule is [CH2]CCC(CC)CCCCCCCC. The van der Waals surface area contributed by atoms with E-state index in [-0.39, 0.29) is 0 Å². The lowest BCUT2D eigenvalue weighted by Gasteiger charge is -2.12. The van der Waals surface area contributed by atoms with Crippen LogP contribution in [0.2, 0.25) is 0 Å². The molecule has 0 fully saturated rings. The van der Waals surface area contributed by atoms with Gasteiger partial charge in [0.25, 0.3) is 0 Å². The summed E-state index contributed by atoms with van der Waals surface area (Å²) >= 11 is 0. The van der Waals surface area contributed by atoms with E-state index >= 15 is 0 Å². The van der Waals surface area contributed by atoms with Crippen molar-refractivity contribution >= 4 is 0 Å². The predicted molar refractivity (Wildman–Crippen MR) is 66.4 cm³/mol. The fraction of sp³-hybridized carbons (Fsp3) is 0.929. The van der Waals surface area contributed by atoms with Gasteiger partial charge in [-0.25, -0.2) is 0 Å². The van der Waals surface area contributed by atoms with Gasteiger partial charge in [-0.05, 0) is 5.92 Å². The maximum atomic E-state index is 3.94. The Balaban J connectivity index is 3.15. The van der Waals surface area contributed by atoms with Gasteiger partial charge in [-0.15, -0.1) is 0 Å². The van der Waals surface area contributed by atoms with E-state index in [0.717, 1.165) is 12.3 Å². The Labute approximate surface area is 91.5 Å². The van der Waals surface area contributed by atoms with Crippen LogP contribution in [0.3, 0.4) is 0 Å². The fourth-order valence-corrected chi connectivity index (χ4v) is 2.05. The quantitative estimate of drug-likeness (QED) is 0.413. The van der Waals surface area contributed by atoms with Crippen LogP contribution in [0.4, 0.5) is 0 Å². The van der Waals surface area contributed by atoms with Crippen molar-refractivity contribution in [2.45, 2.75) is 78.1 Å². The Morgan fingerprint density at radius 1 is 0.857 bits per heavy atom. The third kappa shape index (κ3) is 8.59. The largest absolute Gasteiger partial charge is 0.0654 e. The van der Waals surface area contributed by atoms with E-state index in [9.17, 15) is 0 Å². The standard InChI is InChI=1S/C14H29/c1-4-7-8-9-10-11-13-14(6-3)12-5-2/h14H,2,4-13H2,1,3H3. The smallest absolute Gasteiger partial charge is 0.0417 e. The van der Waals surface area contributed by atoms with Crippen molar-refractivity contribution in [2.24, 2.45) is 5.92 Å². The molecule has 0 heterocycles. The number of hydrogen-bond acceptors (Lipinski definition) is 0. The number of rotatable bonds is 10. The highest BCUT2D eigenvalue weighted by Gasteiger charge is 2.03. The molecule has 1 radical (unpaired) electrons. The Morgan fingerprint density at radius 3 is 2.07 bits per heavy atom. The lowest BCUT2D eigenvalue weighted by Crippen LogP contribution is -1.98. The second kappa shape index (κ2) is 11.1. The monoisotopic (exact) mass is 197 g/mol. The molecule has 0 saturated carbocycles. The first-order valence-corrected chi connectivity index (χ1v) is 6.64. The topological polar surface area (TPSA) is 0 Å². The van der Waals surface area contributed by atoms with Crippen molar-refractivity contribution in [2.75, 3.05) is 0 Å². The molecule has 0 aliphatic heterocycles. The van der Waals surface area contributed by atoms with Crippen LogP contribution in [0, 0.1) is 12.8 Å². The van der Waals surface area contributed by atoms with Gasteiger partial charge in [-0.1, -0.05) is 85.0 Å². The molecule has 0 heteroatoms. The van der Waals surface area contributed by atoms with E-state index in [1.807, 2.05) is 0 Å². The van der Waals surface area contributed by atoms with Crippen molar-refractivity contribution in [3.63, 3.8) is 0 Å². The molecule has 0 aromatic heterocycles. The summed E-state index contributed by atoms with van der Waals surface area (Å²) in [5, 5.41) is 0. The van der Waals surface area contributed by atoms with Gasteiger partial charge < -0.3 is 0 Å². The van der Waals surface area contributed by atoms with Gasteiger partial charge in [0.05, 0.1) is 0 Å². The zero-order chi connectivity index (χ0) is 10.6. The first-order valence-electron chi connectivity index (χ1n) is 6.64. The molecule has 0 bridgehead atoms. The lowest BCUT2D eigenvalue weighted by molar-refractivity contribution is 0.414. The number of hydrogen-bond donors (Lipinski definition) is 0. The van der Waals surface area contributed by atoms with Crippen LogP contribution in [-0.4, -0.2) is 0 Å². The first-order chi connectivity index (χ1) is 6.85. The Bertz CT molecular complexity index is 96.2. The third-order valence-electron chi connectivity index (χ3n) is 3.16. The molecule has 0 rings (SSSR count). The minimum atomic E-state index is 0.957. The summed E-state index contributed by atoms with van der Waals surface area (Å²) in [5.41, 5.74) is 0. The van der Waals surface area contributed by atoms with Crippen molar-refractivity contribution in [1.29, 1.82) is 0 Å². The summed E-state index contributed by atoms with van der Waals surface area (Å²) in [4.78, 5) is 0. The summed E-state index contributed by atoms with van der Waals surface area (Å²) in [6, 6.07) is 0. The van der Waals surface area contributed by atoms with Crippen LogP contribution in [-0.2, 0) is 0 Å². The highest BCUT2D eigenvalue weighted by atomic mass is 14.1. The number of unbranched alkanes of at least 4 members (excludes halogenated alkanes) is 5.